The van der Waals surface area contributed by atoms with Gasteiger partial charge in [-0.1, -0.05) is 28.9 Å². The van der Waals surface area contributed by atoms with E-state index < -0.39 is 0 Å². The molecule has 0 aliphatic carbocycles. The summed E-state index contributed by atoms with van der Waals surface area (Å²) in [6, 6.07) is 7.62. The number of aromatic nitrogens is 4. The van der Waals surface area contributed by atoms with Crippen LogP contribution in [0.4, 0.5) is 0 Å². The molecule has 0 aliphatic rings. The van der Waals surface area contributed by atoms with Crippen molar-refractivity contribution in [2.24, 2.45) is 5.73 Å². The molecule has 8 heteroatoms. The minimum Gasteiger partial charge on any atom is -0.378 e. The van der Waals surface area contributed by atoms with Crippen molar-refractivity contribution in [3.8, 4) is 22.0 Å². The molecule has 0 spiro atoms. The van der Waals surface area contributed by atoms with Crippen molar-refractivity contribution >= 4 is 22.9 Å². The largest absolute Gasteiger partial charge is 0.378 e. The van der Waals surface area contributed by atoms with Gasteiger partial charge in [0.05, 0.1) is 26.0 Å². The first-order chi connectivity index (χ1) is 11.3. The van der Waals surface area contributed by atoms with Gasteiger partial charge in [0, 0.05) is 22.5 Å². The molecule has 0 atom stereocenters. The molecule has 23 heavy (non-hydrogen) atoms. The number of nitrogens with two attached hydrogens (primary N) is 1. The molecule has 120 valence electrons. The number of hydrogen-bond donors (Lipinski definition) is 1. The number of ether oxygens (including phenoxy) is 1. The van der Waals surface area contributed by atoms with Crippen LogP contribution in [-0.4, -0.2) is 39.7 Å². The Morgan fingerprint density at radius 2 is 2.00 bits per heavy atom. The van der Waals surface area contributed by atoms with Crippen molar-refractivity contribution in [3.63, 3.8) is 0 Å². The van der Waals surface area contributed by atoms with Crippen LogP contribution >= 0.6 is 22.9 Å². The quantitative estimate of drug-likeness (QED) is 0.663. The van der Waals surface area contributed by atoms with Crippen LogP contribution < -0.4 is 5.73 Å². The van der Waals surface area contributed by atoms with Crippen LogP contribution in [0.2, 0.25) is 5.02 Å². The van der Waals surface area contributed by atoms with E-state index in [9.17, 15) is 0 Å². The highest BCUT2D eigenvalue weighted by Gasteiger charge is 2.10. The number of rotatable bonds is 7. The second-order valence-corrected chi connectivity index (χ2v) is 6.11. The predicted molar refractivity (Wildman–Crippen MR) is 91.4 cm³/mol. The summed E-state index contributed by atoms with van der Waals surface area (Å²) in [6.07, 6.45) is 1.87. The van der Waals surface area contributed by atoms with Gasteiger partial charge < -0.3 is 10.5 Å². The van der Waals surface area contributed by atoms with E-state index in [0.29, 0.717) is 31.3 Å². The lowest BCUT2D eigenvalue weighted by Crippen LogP contribution is -2.12. The lowest BCUT2D eigenvalue weighted by Gasteiger charge is -2.00. The molecule has 6 nitrogen and oxygen atoms in total. The number of nitrogens with zero attached hydrogens (tertiary/aromatic N) is 4. The van der Waals surface area contributed by atoms with Gasteiger partial charge in [-0.2, -0.15) is 0 Å². The summed E-state index contributed by atoms with van der Waals surface area (Å²) in [5.74, 6) is 0. The Kier molecular flexibility index (Phi) is 5.35. The third-order valence-corrected chi connectivity index (χ3v) is 4.27. The first-order valence-electron chi connectivity index (χ1n) is 7.16. The van der Waals surface area contributed by atoms with Gasteiger partial charge in [0.15, 0.2) is 0 Å². The zero-order chi connectivity index (χ0) is 16.1. The number of thiazole rings is 1. The van der Waals surface area contributed by atoms with Crippen LogP contribution in [0.5, 0.6) is 0 Å². The molecule has 2 heterocycles. The summed E-state index contributed by atoms with van der Waals surface area (Å²) in [7, 11) is 0. The molecule has 0 bridgehead atoms. The fraction of sp³-hybridized carbons (Fsp3) is 0.267. The molecule has 0 amide bonds. The second-order valence-electron chi connectivity index (χ2n) is 4.81. The molecular formula is C15H16ClN5OS. The van der Waals surface area contributed by atoms with Crippen LogP contribution in [0.25, 0.3) is 22.0 Å². The summed E-state index contributed by atoms with van der Waals surface area (Å²) in [4.78, 5) is 4.62. The van der Waals surface area contributed by atoms with Crippen molar-refractivity contribution in [1.29, 1.82) is 0 Å². The average molecular weight is 350 g/mol. The standard InChI is InChI=1S/C15H16ClN5OS/c16-12-3-1-11(2-4-12)15-18-14(10-23-15)13-9-21(20-19-13)6-8-22-7-5-17/h1-4,9-10H,5-8,17H2. The Balaban J connectivity index is 1.68. The number of benzene rings is 1. The molecular weight excluding hydrogens is 334 g/mol. The fourth-order valence-corrected chi connectivity index (χ4v) is 2.93. The summed E-state index contributed by atoms with van der Waals surface area (Å²) >= 11 is 7.48. The van der Waals surface area contributed by atoms with Crippen LogP contribution in [0.15, 0.2) is 35.8 Å². The zero-order valence-electron chi connectivity index (χ0n) is 12.4. The van der Waals surface area contributed by atoms with E-state index >= 15 is 0 Å². The van der Waals surface area contributed by atoms with Crippen molar-refractivity contribution in [3.05, 3.63) is 40.9 Å². The van der Waals surface area contributed by atoms with Gasteiger partial charge in [0.25, 0.3) is 0 Å². The molecule has 0 saturated carbocycles. The van der Waals surface area contributed by atoms with E-state index in [0.717, 1.165) is 22.0 Å². The van der Waals surface area contributed by atoms with E-state index in [1.165, 1.54) is 0 Å². The summed E-state index contributed by atoms with van der Waals surface area (Å²) in [5, 5.41) is 11.9. The van der Waals surface area contributed by atoms with Crippen molar-refractivity contribution in [1.82, 2.24) is 20.0 Å². The smallest absolute Gasteiger partial charge is 0.132 e. The SMILES string of the molecule is NCCOCCn1cc(-c2csc(-c3ccc(Cl)cc3)n2)nn1. The summed E-state index contributed by atoms with van der Waals surface area (Å²) in [6.45, 7) is 2.28. The van der Waals surface area contributed by atoms with Gasteiger partial charge in [0.2, 0.25) is 0 Å². The van der Waals surface area contributed by atoms with Crippen molar-refractivity contribution < 1.29 is 4.74 Å². The van der Waals surface area contributed by atoms with Crippen LogP contribution in [0.3, 0.4) is 0 Å². The maximum Gasteiger partial charge on any atom is 0.132 e. The average Bonchev–Trinajstić information content (AvgIpc) is 3.21. The maximum atomic E-state index is 5.91. The molecule has 0 fully saturated rings. The highest BCUT2D eigenvalue weighted by Crippen LogP contribution is 2.28. The Labute approximate surface area is 142 Å². The molecule has 3 rings (SSSR count). The van der Waals surface area contributed by atoms with Gasteiger partial charge >= 0.3 is 0 Å². The van der Waals surface area contributed by atoms with E-state index in [4.69, 9.17) is 22.1 Å². The maximum absolute atomic E-state index is 5.91. The predicted octanol–water partition coefficient (Wildman–Crippen LogP) is 2.70. The lowest BCUT2D eigenvalue weighted by molar-refractivity contribution is 0.130. The van der Waals surface area contributed by atoms with E-state index in [1.54, 1.807) is 16.0 Å². The van der Waals surface area contributed by atoms with Crippen LogP contribution in [-0.2, 0) is 11.3 Å². The monoisotopic (exact) mass is 349 g/mol. The minimum atomic E-state index is 0.523. The van der Waals surface area contributed by atoms with Gasteiger partial charge in [-0.3, -0.25) is 0 Å². The normalized spacial score (nSPS) is 11.0. The summed E-state index contributed by atoms with van der Waals surface area (Å²) in [5.41, 5.74) is 7.97. The van der Waals surface area contributed by atoms with Gasteiger partial charge in [-0.25, -0.2) is 9.67 Å². The third kappa shape index (κ3) is 4.14. The highest BCUT2D eigenvalue weighted by atomic mass is 35.5. The molecule has 0 radical (unpaired) electrons. The fourth-order valence-electron chi connectivity index (χ4n) is 1.98. The Morgan fingerprint density at radius 3 is 2.78 bits per heavy atom. The lowest BCUT2D eigenvalue weighted by atomic mass is 10.2. The van der Waals surface area contributed by atoms with Crippen molar-refractivity contribution in [2.45, 2.75) is 6.54 Å². The second kappa shape index (κ2) is 7.65. The van der Waals surface area contributed by atoms with Crippen molar-refractivity contribution in [2.75, 3.05) is 19.8 Å². The molecule has 0 unspecified atom stereocenters. The number of halogens is 1. The first-order valence-corrected chi connectivity index (χ1v) is 8.42. The van der Waals surface area contributed by atoms with E-state index in [2.05, 4.69) is 15.3 Å². The van der Waals surface area contributed by atoms with Gasteiger partial charge in [0.1, 0.15) is 16.4 Å². The molecule has 2 aromatic heterocycles. The molecule has 1 aromatic carbocycles. The van der Waals surface area contributed by atoms with Gasteiger partial charge in [-0.15, -0.1) is 16.4 Å². The van der Waals surface area contributed by atoms with Crippen LogP contribution in [0.1, 0.15) is 0 Å². The topological polar surface area (TPSA) is 78.9 Å². The minimum absolute atomic E-state index is 0.523. The Bertz CT molecular complexity index is 755. The number of hydrogen-bond acceptors (Lipinski definition) is 6. The Hall–Kier alpha value is -1.80. The van der Waals surface area contributed by atoms with Crippen LogP contribution in [0, 0.1) is 0 Å². The first kappa shape index (κ1) is 16.1. The zero-order valence-corrected chi connectivity index (χ0v) is 13.9. The molecule has 2 N–H and O–H groups in total. The van der Waals surface area contributed by atoms with Gasteiger partial charge in [-0.05, 0) is 12.1 Å². The molecule has 3 aromatic rings. The highest BCUT2D eigenvalue weighted by molar-refractivity contribution is 7.13. The Morgan fingerprint density at radius 1 is 1.17 bits per heavy atom. The van der Waals surface area contributed by atoms with E-state index in [-0.39, 0.29) is 0 Å². The molecule has 0 aliphatic heterocycles. The summed E-state index contributed by atoms with van der Waals surface area (Å²) < 4.78 is 7.08. The third-order valence-electron chi connectivity index (χ3n) is 3.12. The molecule has 0 saturated heterocycles. The van der Waals surface area contributed by atoms with E-state index in [1.807, 2.05) is 35.8 Å².